The Morgan fingerprint density at radius 2 is 1.91 bits per heavy atom. The lowest BCUT2D eigenvalue weighted by atomic mass is 10.3. The Morgan fingerprint density at radius 1 is 1.09 bits per heavy atom. The van der Waals surface area contributed by atoms with Crippen LogP contribution in [0.3, 0.4) is 0 Å². The van der Waals surface area contributed by atoms with Crippen LogP contribution in [0.4, 0.5) is 0 Å². The maximum atomic E-state index is 3.81. The normalized spacial score (nSPS) is 10.3. The van der Waals surface area contributed by atoms with Gasteiger partial charge in [-0.3, -0.25) is 0 Å². The summed E-state index contributed by atoms with van der Waals surface area (Å²) in [6.45, 7) is 0. The van der Waals surface area contributed by atoms with E-state index in [-0.39, 0.29) is 0 Å². The third kappa shape index (κ3) is 1.07. The van der Waals surface area contributed by atoms with Gasteiger partial charge in [0.2, 0.25) is 0 Å². The molecule has 1 heterocycles. The van der Waals surface area contributed by atoms with Gasteiger partial charge in [0.05, 0.1) is 0 Å². The van der Waals surface area contributed by atoms with Crippen molar-refractivity contribution in [3.63, 3.8) is 0 Å². The van der Waals surface area contributed by atoms with Crippen molar-refractivity contribution >= 4 is 27.0 Å². The second-order valence-corrected chi connectivity index (χ2v) is 2.84. The average Bonchev–Trinajstić information content (AvgIpc) is 2.06. The Kier molecular flexibility index (Phi) is 1.50. The number of nitrogens with zero attached hydrogens (tertiary/aromatic N) is 4. The van der Waals surface area contributed by atoms with Gasteiger partial charge in [-0.25, -0.2) is 0 Å². The zero-order valence-corrected chi connectivity index (χ0v) is 6.98. The molecule has 0 bridgehead atoms. The maximum absolute atomic E-state index is 3.81. The van der Waals surface area contributed by atoms with E-state index in [0.717, 1.165) is 15.5 Å². The molecule has 2 aromatic rings. The van der Waals surface area contributed by atoms with Crippen molar-refractivity contribution in [3.8, 4) is 0 Å². The summed E-state index contributed by atoms with van der Waals surface area (Å²) in [5.74, 6) is 0. The Hall–Kier alpha value is -1.10. The summed E-state index contributed by atoms with van der Waals surface area (Å²) in [6.07, 6.45) is 0. The summed E-state index contributed by atoms with van der Waals surface area (Å²) in [7, 11) is 0. The van der Waals surface area contributed by atoms with Crippen molar-refractivity contribution in [3.05, 3.63) is 22.7 Å². The zero-order chi connectivity index (χ0) is 7.68. The van der Waals surface area contributed by atoms with Crippen LogP contribution in [0.15, 0.2) is 22.7 Å². The van der Waals surface area contributed by atoms with E-state index in [1.807, 2.05) is 18.2 Å². The minimum Gasteiger partial charge on any atom is -0.127 e. The first-order chi connectivity index (χ1) is 5.38. The molecule has 0 aliphatic heterocycles. The second kappa shape index (κ2) is 2.50. The van der Waals surface area contributed by atoms with Gasteiger partial charge in [-0.2, -0.15) is 0 Å². The molecule has 1 aromatic heterocycles. The van der Waals surface area contributed by atoms with Crippen LogP contribution in [0, 0.1) is 0 Å². The quantitative estimate of drug-likeness (QED) is 0.656. The number of hydrogen-bond donors (Lipinski definition) is 0. The summed E-state index contributed by atoms with van der Waals surface area (Å²) in [5.41, 5.74) is 1.48. The number of halogens is 1. The molecule has 0 saturated heterocycles. The monoisotopic (exact) mass is 210 g/mol. The molecule has 5 heteroatoms. The molecule has 0 atom stereocenters. The van der Waals surface area contributed by atoms with E-state index in [9.17, 15) is 0 Å². The molecule has 4 nitrogen and oxygen atoms in total. The van der Waals surface area contributed by atoms with Crippen LogP contribution in [-0.2, 0) is 0 Å². The molecule has 54 valence electrons. The summed E-state index contributed by atoms with van der Waals surface area (Å²) >= 11 is 3.33. The number of fused-ring (bicyclic) bond motifs is 1. The fourth-order valence-electron chi connectivity index (χ4n) is 0.817. The van der Waals surface area contributed by atoms with Gasteiger partial charge in [0.25, 0.3) is 0 Å². The molecule has 0 N–H and O–H groups in total. The van der Waals surface area contributed by atoms with Crippen LogP contribution in [0.25, 0.3) is 11.0 Å². The van der Waals surface area contributed by atoms with E-state index in [1.165, 1.54) is 0 Å². The lowest BCUT2D eigenvalue weighted by molar-refractivity contribution is 0.796. The molecular weight excluding hydrogens is 208 g/mol. The van der Waals surface area contributed by atoms with Crippen LogP contribution < -0.4 is 0 Å². The third-order valence-corrected chi connectivity index (χ3v) is 1.94. The molecule has 0 spiro atoms. The predicted octanol–water partition coefficient (Wildman–Crippen LogP) is 1.18. The van der Waals surface area contributed by atoms with Gasteiger partial charge in [0.15, 0.2) is 0 Å². The lowest BCUT2D eigenvalue weighted by Gasteiger charge is -1.92. The van der Waals surface area contributed by atoms with Crippen LogP contribution >= 0.6 is 15.9 Å². The molecule has 2 rings (SSSR count). The van der Waals surface area contributed by atoms with Crippen molar-refractivity contribution in [1.82, 2.24) is 20.6 Å². The van der Waals surface area contributed by atoms with E-state index >= 15 is 0 Å². The topological polar surface area (TPSA) is 51.6 Å². The Morgan fingerprint density at radius 3 is 2.73 bits per heavy atom. The largest absolute Gasteiger partial charge is 0.129 e. The molecule has 0 unspecified atom stereocenters. The molecular formula is C6H3BrN4. The molecule has 1 aromatic carbocycles. The Labute approximate surface area is 70.8 Å². The molecule has 0 aliphatic carbocycles. The van der Waals surface area contributed by atoms with E-state index in [1.54, 1.807) is 0 Å². The fraction of sp³-hybridized carbons (Fsp3) is 0. The lowest BCUT2D eigenvalue weighted by Crippen LogP contribution is -1.92. The first kappa shape index (κ1) is 6.60. The summed E-state index contributed by atoms with van der Waals surface area (Å²) in [6, 6.07) is 5.60. The molecule has 0 aliphatic rings. The molecule has 0 amide bonds. The highest BCUT2D eigenvalue weighted by Crippen LogP contribution is 2.17. The predicted molar refractivity (Wildman–Crippen MR) is 42.8 cm³/mol. The van der Waals surface area contributed by atoms with Crippen molar-refractivity contribution in [1.29, 1.82) is 0 Å². The number of hydrogen-bond acceptors (Lipinski definition) is 4. The van der Waals surface area contributed by atoms with Crippen molar-refractivity contribution in [2.75, 3.05) is 0 Å². The van der Waals surface area contributed by atoms with Gasteiger partial charge in [-0.15, -0.1) is 10.2 Å². The second-order valence-electron chi connectivity index (χ2n) is 1.99. The number of aromatic nitrogens is 4. The highest BCUT2D eigenvalue weighted by atomic mass is 79.9. The van der Waals surface area contributed by atoms with Crippen LogP contribution in [0.2, 0.25) is 0 Å². The number of benzene rings is 1. The average molecular weight is 211 g/mol. The van der Waals surface area contributed by atoms with Gasteiger partial charge in [0, 0.05) is 4.47 Å². The molecule has 0 radical (unpaired) electrons. The van der Waals surface area contributed by atoms with E-state index in [4.69, 9.17) is 0 Å². The third-order valence-electron chi connectivity index (χ3n) is 1.30. The smallest absolute Gasteiger partial charge is 0.127 e. The molecule has 0 saturated carbocycles. The SMILES string of the molecule is Brc1cccc2nnnnc12. The van der Waals surface area contributed by atoms with Crippen molar-refractivity contribution in [2.45, 2.75) is 0 Å². The number of rotatable bonds is 0. The van der Waals surface area contributed by atoms with Gasteiger partial charge >= 0.3 is 0 Å². The highest BCUT2D eigenvalue weighted by molar-refractivity contribution is 9.10. The Bertz CT molecular complexity index is 384. The van der Waals surface area contributed by atoms with E-state index in [2.05, 4.69) is 36.6 Å². The van der Waals surface area contributed by atoms with Crippen LogP contribution in [0.1, 0.15) is 0 Å². The first-order valence-corrected chi connectivity index (χ1v) is 3.77. The van der Waals surface area contributed by atoms with Crippen molar-refractivity contribution < 1.29 is 0 Å². The van der Waals surface area contributed by atoms with Gasteiger partial charge in [0.1, 0.15) is 11.0 Å². The van der Waals surface area contributed by atoms with Gasteiger partial charge < -0.3 is 0 Å². The minimum atomic E-state index is 0.738. The van der Waals surface area contributed by atoms with Crippen LogP contribution in [0.5, 0.6) is 0 Å². The Balaban J connectivity index is 2.91. The van der Waals surface area contributed by atoms with Crippen molar-refractivity contribution in [2.24, 2.45) is 0 Å². The summed E-state index contributed by atoms with van der Waals surface area (Å²) < 4.78 is 0.886. The van der Waals surface area contributed by atoms with E-state index in [0.29, 0.717) is 0 Å². The van der Waals surface area contributed by atoms with Crippen LogP contribution in [-0.4, -0.2) is 20.6 Å². The summed E-state index contributed by atoms with van der Waals surface area (Å²) in [4.78, 5) is 0. The zero-order valence-electron chi connectivity index (χ0n) is 5.40. The fourth-order valence-corrected chi connectivity index (χ4v) is 1.25. The molecule has 11 heavy (non-hydrogen) atoms. The molecule has 0 fully saturated rings. The first-order valence-electron chi connectivity index (χ1n) is 2.98. The minimum absolute atomic E-state index is 0.738. The summed E-state index contributed by atoms with van der Waals surface area (Å²) in [5, 5.41) is 14.5. The van der Waals surface area contributed by atoms with Gasteiger partial charge in [-0.1, -0.05) is 6.07 Å². The van der Waals surface area contributed by atoms with E-state index < -0.39 is 0 Å². The maximum Gasteiger partial charge on any atom is 0.129 e. The highest BCUT2D eigenvalue weighted by Gasteiger charge is 1.98. The van der Waals surface area contributed by atoms with Gasteiger partial charge in [-0.05, 0) is 38.5 Å². The standard InChI is InChI=1S/C6H3BrN4/c7-4-2-1-3-5-6(4)9-11-10-8-5/h1-3H.